The van der Waals surface area contributed by atoms with Gasteiger partial charge in [0.1, 0.15) is 6.54 Å². The molecule has 1 fully saturated rings. The lowest BCUT2D eigenvalue weighted by Gasteiger charge is -2.31. The van der Waals surface area contributed by atoms with Gasteiger partial charge in [0, 0.05) is 26.1 Å². The third-order valence-electron chi connectivity index (χ3n) is 4.86. The highest BCUT2D eigenvalue weighted by atomic mass is 16.2. The SMILES string of the molecule is CC(=O)N1CCC(NC(=O)Cn2cnc3cc(C)c(C)cc32)CC1. The molecule has 0 spiro atoms. The number of likely N-dealkylation sites (tertiary alicyclic amines) is 1. The summed E-state index contributed by atoms with van der Waals surface area (Å²) in [5, 5.41) is 3.08. The smallest absolute Gasteiger partial charge is 0.240 e. The second-order valence-electron chi connectivity index (χ2n) is 6.65. The van der Waals surface area contributed by atoms with Crippen LogP contribution >= 0.6 is 0 Å². The zero-order valence-corrected chi connectivity index (χ0v) is 14.5. The molecule has 1 saturated heterocycles. The number of nitrogens with zero attached hydrogens (tertiary/aromatic N) is 3. The van der Waals surface area contributed by atoms with E-state index >= 15 is 0 Å². The number of piperidine rings is 1. The van der Waals surface area contributed by atoms with Gasteiger partial charge in [-0.3, -0.25) is 9.59 Å². The third kappa shape index (κ3) is 3.42. The van der Waals surface area contributed by atoms with Crippen molar-refractivity contribution in [3.05, 3.63) is 29.6 Å². The molecule has 1 aromatic carbocycles. The molecular weight excluding hydrogens is 304 g/mol. The van der Waals surface area contributed by atoms with E-state index in [-0.39, 0.29) is 24.4 Å². The van der Waals surface area contributed by atoms with Gasteiger partial charge in [-0.05, 0) is 49.9 Å². The van der Waals surface area contributed by atoms with Gasteiger partial charge in [-0.25, -0.2) is 4.98 Å². The van der Waals surface area contributed by atoms with Crippen LogP contribution in [0.3, 0.4) is 0 Å². The lowest BCUT2D eigenvalue weighted by Crippen LogP contribution is -2.46. The quantitative estimate of drug-likeness (QED) is 0.934. The molecule has 2 aromatic rings. The van der Waals surface area contributed by atoms with Crippen molar-refractivity contribution in [2.24, 2.45) is 0 Å². The van der Waals surface area contributed by atoms with Crippen LogP contribution in [0.2, 0.25) is 0 Å². The summed E-state index contributed by atoms with van der Waals surface area (Å²) in [5.41, 5.74) is 4.30. The van der Waals surface area contributed by atoms with E-state index in [9.17, 15) is 9.59 Å². The second-order valence-corrected chi connectivity index (χ2v) is 6.65. The van der Waals surface area contributed by atoms with Crippen LogP contribution in [-0.4, -0.2) is 45.4 Å². The fourth-order valence-electron chi connectivity index (χ4n) is 3.21. The van der Waals surface area contributed by atoms with Crippen LogP contribution in [0, 0.1) is 13.8 Å². The first-order valence-corrected chi connectivity index (χ1v) is 8.41. The number of carbonyl (C=O) groups is 2. The Balaban J connectivity index is 1.62. The van der Waals surface area contributed by atoms with E-state index in [1.807, 2.05) is 9.47 Å². The van der Waals surface area contributed by atoms with Crippen molar-refractivity contribution in [1.82, 2.24) is 19.8 Å². The maximum Gasteiger partial charge on any atom is 0.240 e. The van der Waals surface area contributed by atoms with Crippen molar-refractivity contribution in [3.63, 3.8) is 0 Å². The molecule has 1 aliphatic heterocycles. The number of carbonyl (C=O) groups excluding carboxylic acids is 2. The minimum atomic E-state index is -0.00574. The summed E-state index contributed by atoms with van der Waals surface area (Å²) in [6.07, 6.45) is 3.35. The average molecular weight is 328 g/mol. The van der Waals surface area contributed by atoms with E-state index in [4.69, 9.17) is 0 Å². The van der Waals surface area contributed by atoms with Gasteiger partial charge in [0.2, 0.25) is 11.8 Å². The van der Waals surface area contributed by atoms with E-state index in [1.54, 1.807) is 13.3 Å². The molecule has 1 aromatic heterocycles. The molecule has 0 bridgehead atoms. The number of hydrogen-bond acceptors (Lipinski definition) is 3. The molecule has 6 heteroatoms. The van der Waals surface area contributed by atoms with Crippen molar-refractivity contribution in [1.29, 1.82) is 0 Å². The van der Waals surface area contributed by atoms with Crippen molar-refractivity contribution >= 4 is 22.8 Å². The maximum atomic E-state index is 12.3. The highest BCUT2D eigenvalue weighted by molar-refractivity contribution is 5.81. The fourth-order valence-corrected chi connectivity index (χ4v) is 3.21. The molecule has 1 N–H and O–H groups in total. The Bertz CT molecular complexity index is 773. The van der Waals surface area contributed by atoms with Gasteiger partial charge in [-0.15, -0.1) is 0 Å². The Morgan fingerprint density at radius 3 is 2.54 bits per heavy atom. The minimum Gasteiger partial charge on any atom is -0.352 e. The molecule has 128 valence electrons. The van der Waals surface area contributed by atoms with Crippen molar-refractivity contribution in [2.75, 3.05) is 13.1 Å². The van der Waals surface area contributed by atoms with Crippen molar-refractivity contribution < 1.29 is 9.59 Å². The highest BCUT2D eigenvalue weighted by Crippen LogP contribution is 2.18. The predicted molar refractivity (Wildman–Crippen MR) is 92.6 cm³/mol. The van der Waals surface area contributed by atoms with E-state index in [0.29, 0.717) is 13.1 Å². The van der Waals surface area contributed by atoms with Gasteiger partial charge in [0.25, 0.3) is 0 Å². The van der Waals surface area contributed by atoms with Gasteiger partial charge in [0.15, 0.2) is 0 Å². The average Bonchev–Trinajstić information content (AvgIpc) is 2.90. The number of nitrogens with one attached hydrogen (secondary N) is 1. The summed E-state index contributed by atoms with van der Waals surface area (Å²) >= 11 is 0. The Morgan fingerprint density at radius 1 is 1.21 bits per heavy atom. The molecule has 24 heavy (non-hydrogen) atoms. The lowest BCUT2D eigenvalue weighted by atomic mass is 10.1. The Labute approximate surface area is 141 Å². The van der Waals surface area contributed by atoms with E-state index < -0.39 is 0 Å². The Kier molecular flexibility index (Phi) is 4.55. The van der Waals surface area contributed by atoms with E-state index in [1.165, 1.54) is 11.1 Å². The number of hydrogen-bond donors (Lipinski definition) is 1. The Morgan fingerprint density at radius 2 is 1.88 bits per heavy atom. The molecule has 0 atom stereocenters. The van der Waals surface area contributed by atoms with Crippen LogP contribution in [-0.2, 0) is 16.1 Å². The van der Waals surface area contributed by atoms with Gasteiger partial charge in [-0.2, -0.15) is 0 Å². The van der Waals surface area contributed by atoms with Gasteiger partial charge < -0.3 is 14.8 Å². The lowest BCUT2D eigenvalue weighted by molar-refractivity contribution is -0.130. The molecule has 6 nitrogen and oxygen atoms in total. The molecule has 3 rings (SSSR count). The topological polar surface area (TPSA) is 67.2 Å². The zero-order chi connectivity index (χ0) is 17.3. The first-order valence-electron chi connectivity index (χ1n) is 8.41. The van der Waals surface area contributed by atoms with Crippen LogP contribution in [0.15, 0.2) is 18.5 Å². The van der Waals surface area contributed by atoms with Crippen molar-refractivity contribution in [2.45, 2.75) is 46.2 Å². The van der Waals surface area contributed by atoms with E-state index in [2.05, 4.69) is 36.3 Å². The number of aromatic nitrogens is 2. The van der Waals surface area contributed by atoms with Crippen molar-refractivity contribution in [3.8, 4) is 0 Å². The molecule has 1 aliphatic rings. The first-order chi connectivity index (χ1) is 11.4. The summed E-state index contributed by atoms with van der Waals surface area (Å²) in [4.78, 5) is 29.9. The highest BCUT2D eigenvalue weighted by Gasteiger charge is 2.22. The van der Waals surface area contributed by atoms with Crippen LogP contribution in [0.25, 0.3) is 11.0 Å². The normalized spacial score (nSPS) is 15.7. The number of rotatable bonds is 3. The van der Waals surface area contributed by atoms with Crippen LogP contribution in [0.5, 0.6) is 0 Å². The summed E-state index contributed by atoms with van der Waals surface area (Å²) < 4.78 is 1.89. The molecule has 2 amide bonds. The minimum absolute atomic E-state index is 0.00574. The second kappa shape index (κ2) is 6.63. The van der Waals surface area contributed by atoms with Gasteiger partial charge in [0.05, 0.1) is 17.4 Å². The zero-order valence-electron chi connectivity index (χ0n) is 14.5. The Hall–Kier alpha value is -2.37. The number of aryl methyl sites for hydroxylation is 2. The van der Waals surface area contributed by atoms with Crippen LogP contribution in [0.1, 0.15) is 30.9 Å². The molecule has 0 unspecified atom stereocenters. The molecule has 0 saturated carbocycles. The number of imidazole rings is 1. The molecule has 2 heterocycles. The fraction of sp³-hybridized carbons (Fsp3) is 0.500. The van der Waals surface area contributed by atoms with Crippen LogP contribution < -0.4 is 5.32 Å². The largest absolute Gasteiger partial charge is 0.352 e. The van der Waals surface area contributed by atoms with E-state index in [0.717, 1.165) is 23.9 Å². The number of fused-ring (bicyclic) bond motifs is 1. The monoisotopic (exact) mass is 328 g/mol. The third-order valence-corrected chi connectivity index (χ3v) is 4.86. The van der Waals surface area contributed by atoms with Crippen LogP contribution in [0.4, 0.5) is 0 Å². The first kappa shape index (κ1) is 16.5. The summed E-state index contributed by atoms with van der Waals surface area (Å²) in [6.45, 7) is 7.42. The predicted octanol–water partition coefficient (Wildman–Crippen LogP) is 1.78. The summed E-state index contributed by atoms with van der Waals surface area (Å²) in [6, 6.07) is 4.28. The molecule has 0 radical (unpaired) electrons. The van der Waals surface area contributed by atoms with Gasteiger partial charge >= 0.3 is 0 Å². The number of amides is 2. The molecular formula is C18H24N4O2. The standard InChI is InChI=1S/C18H24N4O2/c1-12-8-16-17(9-13(12)2)22(11-19-16)10-18(24)20-15-4-6-21(7-5-15)14(3)23/h8-9,11,15H,4-7,10H2,1-3H3,(H,20,24). The number of benzene rings is 1. The molecule has 0 aliphatic carbocycles. The summed E-state index contributed by atoms with van der Waals surface area (Å²) in [5.74, 6) is 0.101. The maximum absolute atomic E-state index is 12.3. The summed E-state index contributed by atoms with van der Waals surface area (Å²) in [7, 11) is 0. The van der Waals surface area contributed by atoms with Gasteiger partial charge in [-0.1, -0.05) is 0 Å².